The lowest BCUT2D eigenvalue weighted by Gasteiger charge is -2.31. The van der Waals surface area contributed by atoms with Gasteiger partial charge in [0.1, 0.15) is 17.3 Å². The van der Waals surface area contributed by atoms with E-state index in [9.17, 15) is 27.6 Å². The largest absolute Gasteiger partial charge is 0.493 e. The van der Waals surface area contributed by atoms with E-state index >= 15 is 4.39 Å². The minimum atomic E-state index is -4.74. The minimum Gasteiger partial charge on any atom is -0.493 e. The topological polar surface area (TPSA) is 131 Å². The van der Waals surface area contributed by atoms with Gasteiger partial charge in [0, 0.05) is 55.2 Å². The molecule has 1 saturated heterocycles. The zero-order valence-electron chi connectivity index (χ0n) is 28.0. The Morgan fingerprint density at radius 1 is 0.923 bits per heavy atom. The molecule has 3 N–H and O–H groups in total. The number of pyridine rings is 1. The number of likely N-dealkylation sites (tertiary alicyclic amines) is 1. The van der Waals surface area contributed by atoms with Gasteiger partial charge in [0.05, 0.1) is 29.8 Å². The molecule has 2 fully saturated rings. The molecule has 16 heteroatoms. The molecule has 2 heterocycles. The first-order valence-electron chi connectivity index (χ1n) is 16.3. The molecule has 52 heavy (non-hydrogen) atoms. The van der Waals surface area contributed by atoms with Crippen molar-refractivity contribution in [3.8, 4) is 23.0 Å². The van der Waals surface area contributed by atoms with Crippen LogP contribution in [0.2, 0.25) is 5.02 Å². The van der Waals surface area contributed by atoms with Gasteiger partial charge in [-0.3, -0.25) is 24.3 Å². The highest BCUT2D eigenvalue weighted by Gasteiger charge is 2.56. The number of anilines is 2. The predicted molar refractivity (Wildman–Crippen MR) is 184 cm³/mol. The number of hydrogen-bond acceptors (Lipinski definition) is 8. The van der Waals surface area contributed by atoms with Gasteiger partial charge >= 0.3 is 6.18 Å². The Balaban J connectivity index is 1.11. The fourth-order valence-electron chi connectivity index (χ4n) is 5.90. The molecule has 1 saturated carbocycles. The lowest BCUT2D eigenvalue weighted by Crippen LogP contribution is -2.43. The van der Waals surface area contributed by atoms with Crippen molar-refractivity contribution < 1.29 is 46.2 Å². The molecule has 1 aromatic heterocycles. The van der Waals surface area contributed by atoms with Crippen molar-refractivity contribution in [1.29, 1.82) is 0 Å². The van der Waals surface area contributed by atoms with Crippen LogP contribution in [0.3, 0.4) is 0 Å². The highest BCUT2D eigenvalue weighted by molar-refractivity contribution is 6.31. The highest BCUT2D eigenvalue weighted by atomic mass is 35.5. The van der Waals surface area contributed by atoms with Gasteiger partial charge in [0.2, 0.25) is 17.7 Å². The van der Waals surface area contributed by atoms with E-state index < -0.39 is 39.8 Å². The summed E-state index contributed by atoms with van der Waals surface area (Å²) in [5.74, 6) is -1.36. The number of fused-ring (bicyclic) bond motifs is 1. The zero-order valence-corrected chi connectivity index (χ0v) is 28.8. The number of piperidine rings is 1. The summed E-state index contributed by atoms with van der Waals surface area (Å²) < 4.78 is 73.0. The first kappa shape index (κ1) is 36.6. The second-order valence-corrected chi connectivity index (χ2v) is 12.9. The fraction of sp³-hybridized carbons (Fsp3) is 0.333. The minimum absolute atomic E-state index is 0.0423. The van der Waals surface area contributed by atoms with Crippen molar-refractivity contribution in [3.63, 3.8) is 0 Å². The third kappa shape index (κ3) is 8.00. The van der Waals surface area contributed by atoms with E-state index in [4.69, 9.17) is 25.8 Å². The number of nitrogens with zero attached hydrogens (tertiary/aromatic N) is 2. The van der Waals surface area contributed by atoms with Crippen LogP contribution in [0.25, 0.3) is 10.9 Å². The molecule has 3 aromatic carbocycles. The summed E-state index contributed by atoms with van der Waals surface area (Å²) in [6.45, 7) is 1.74. The van der Waals surface area contributed by atoms with Gasteiger partial charge in [-0.05, 0) is 68.1 Å². The van der Waals surface area contributed by atoms with Gasteiger partial charge in [-0.1, -0.05) is 11.6 Å². The summed E-state index contributed by atoms with van der Waals surface area (Å²) >= 11 is 5.66. The number of benzene rings is 3. The van der Waals surface area contributed by atoms with Crippen molar-refractivity contribution in [3.05, 3.63) is 77.2 Å². The lowest BCUT2D eigenvalue weighted by atomic mass is 10.0. The fourth-order valence-corrected chi connectivity index (χ4v) is 6.12. The van der Waals surface area contributed by atoms with Crippen LogP contribution in [0, 0.1) is 11.2 Å². The number of aromatic nitrogens is 1. The molecule has 274 valence electrons. The number of nitrogens with one attached hydrogen (secondary N) is 3. The first-order chi connectivity index (χ1) is 24.8. The number of carbonyl (C=O) groups is 3. The molecular formula is C36H34ClF4N5O6. The van der Waals surface area contributed by atoms with Crippen molar-refractivity contribution in [2.45, 2.75) is 38.0 Å². The summed E-state index contributed by atoms with van der Waals surface area (Å²) in [7, 11) is 3.11. The van der Waals surface area contributed by atoms with Crippen LogP contribution in [-0.4, -0.2) is 67.5 Å². The van der Waals surface area contributed by atoms with Gasteiger partial charge in [-0.25, -0.2) is 4.39 Å². The summed E-state index contributed by atoms with van der Waals surface area (Å²) in [5, 5.41) is 7.52. The Labute approximate surface area is 300 Å². The summed E-state index contributed by atoms with van der Waals surface area (Å²) in [4.78, 5) is 44.4. The number of amides is 3. The second-order valence-electron chi connectivity index (χ2n) is 12.5. The van der Waals surface area contributed by atoms with Gasteiger partial charge in [-0.2, -0.15) is 13.2 Å². The van der Waals surface area contributed by atoms with Crippen molar-refractivity contribution >= 4 is 51.6 Å². The van der Waals surface area contributed by atoms with E-state index in [1.165, 1.54) is 31.5 Å². The Kier molecular flexibility index (Phi) is 10.5. The number of halogens is 5. The molecule has 6 rings (SSSR count). The number of carbonyl (C=O) groups excluding carboxylic acids is 3. The molecule has 11 nitrogen and oxygen atoms in total. The SMILES string of the molecule is CNC(=O)CN1CCC(Oc2cc3nccc(Oc4ccc(NC(=O)C5(C(=O)Nc6ccc(Cl)c(C(F)(F)F)c6)CC5)cc4F)c3cc2OC)CC1. The van der Waals surface area contributed by atoms with Gasteiger partial charge in [0.25, 0.3) is 0 Å². The van der Waals surface area contributed by atoms with E-state index in [1.54, 1.807) is 25.2 Å². The van der Waals surface area contributed by atoms with Gasteiger partial charge < -0.3 is 30.2 Å². The maximum absolute atomic E-state index is 15.4. The standard InChI is InChI=1S/C36H34ClF4N5O6/c1-42-32(47)19-46-13-8-22(9-14-46)51-31-18-27-23(17-30(31)50-2)28(7-12-43-27)52-29-6-4-21(16-26(29)38)45-34(49)35(10-11-35)33(48)44-20-3-5-25(37)24(15-20)36(39,40)41/h3-7,12,15-18,22H,8-11,13-14,19H2,1-2H3,(H,42,47)(H,44,48)(H,45,49). The monoisotopic (exact) mass is 743 g/mol. The summed E-state index contributed by atoms with van der Waals surface area (Å²) in [5.41, 5.74) is -2.28. The number of alkyl halides is 3. The molecular weight excluding hydrogens is 710 g/mol. The van der Waals surface area contributed by atoms with Crippen molar-refractivity contribution in [2.24, 2.45) is 5.41 Å². The van der Waals surface area contributed by atoms with E-state index in [0.717, 1.165) is 12.1 Å². The smallest absolute Gasteiger partial charge is 0.417 e. The Bertz CT molecular complexity index is 2020. The number of ether oxygens (including phenoxy) is 3. The number of hydrogen-bond donors (Lipinski definition) is 3. The van der Waals surface area contributed by atoms with E-state index in [0.29, 0.717) is 60.9 Å². The van der Waals surface area contributed by atoms with Gasteiger partial charge in [0.15, 0.2) is 23.1 Å². The summed E-state index contributed by atoms with van der Waals surface area (Å²) in [6, 6.07) is 11.6. The third-order valence-electron chi connectivity index (χ3n) is 9.02. The Morgan fingerprint density at radius 2 is 1.60 bits per heavy atom. The molecule has 1 aliphatic heterocycles. The molecule has 1 aliphatic carbocycles. The number of likely N-dealkylation sites (N-methyl/N-ethyl adjacent to an activating group) is 1. The normalized spacial score (nSPS) is 15.8. The average Bonchev–Trinajstić information content (AvgIpc) is 3.93. The van der Waals surface area contributed by atoms with Crippen LogP contribution in [0.4, 0.5) is 28.9 Å². The molecule has 3 amide bonds. The zero-order chi connectivity index (χ0) is 37.2. The lowest BCUT2D eigenvalue weighted by molar-refractivity contribution is -0.137. The van der Waals surface area contributed by atoms with Crippen molar-refractivity contribution in [2.75, 3.05) is 44.4 Å². The van der Waals surface area contributed by atoms with Crippen molar-refractivity contribution in [1.82, 2.24) is 15.2 Å². The number of methoxy groups -OCH3 is 1. The molecule has 0 unspecified atom stereocenters. The van der Waals surface area contributed by atoms with E-state index in [2.05, 4.69) is 25.8 Å². The van der Waals surface area contributed by atoms with E-state index in [1.807, 2.05) is 0 Å². The molecule has 2 aliphatic rings. The maximum atomic E-state index is 15.4. The predicted octanol–water partition coefficient (Wildman–Crippen LogP) is 6.79. The highest BCUT2D eigenvalue weighted by Crippen LogP contribution is 2.48. The third-order valence-corrected chi connectivity index (χ3v) is 9.35. The average molecular weight is 744 g/mol. The van der Waals surface area contributed by atoms with Crippen LogP contribution in [0.1, 0.15) is 31.2 Å². The Hall–Kier alpha value is -5.15. The molecule has 0 bridgehead atoms. The van der Waals surface area contributed by atoms with Gasteiger partial charge in [-0.15, -0.1) is 0 Å². The molecule has 4 aromatic rings. The quantitative estimate of drug-likeness (QED) is 0.113. The maximum Gasteiger partial charge on any atom is 0.417 e. The Morgan fingerprint density at radius 3 is 2.21 bits per heavy atom. The van der Waals surface area contributed by atoms with Crippen LogP contribution < -0.4 is 30.2 Å². The molecule has 0 radical (unpaired) electrons. The van der Waals surface area contributed by atoms with Crippen LogP contribution >= 0.6 is 11.6 Å². The second kappa shape index (κ2) is 14.8. The van der Waals surface area contributed by atoms with E-state index in [-0.39, 0.29) is 47.7 Å². The first-order valence-corrected chi connectivity index (χ1v) is 16.7. The molecule has 0 spiro atoms. The summed E-state index contributed by atoms with van der Waals surface area (Å²) in [6.07, 6.45) is -1.60. The van der Waals surface area contributed by atoms with Crippen LogP contribution in [0.15, 0.2) is 60.8 Å². The van der Waals surface area contributed by atoms with Crippen LogP contribution in [-0.2, 0) is 20.6 Å². The number of rotatable bonds is 11. The van der Waals surface area contributed by atoms with Crippen LogP contribution in [0.5, 0.6) is 23.0 Å². The molecule has 0 atom stereocenters.